The van der Waals surface area contributed by atoms with Crippen LogP contribution in [-0.4, -0.2) is 79.1 Å². The molecule has 0 aliphatic carbocycles. The third-order valence-electron chi connectivity index (χ3n) is 8.51. The third-order valence-corrected chi connectivity index (χ3v) is 19.3. The molecule has 0 bridgehead atoms. The first kappa shape index (κ1) is 32.8. The summed E-state index contributed by atoms with van der Waals surface area (Å²) < 4.78 is 19.1. The average Bonchev–Trinajstić information content (AvgIpc) is 3.36. The van der Waals surface area contributed by atoms with Crippen LogP contribution in [0.25, 0.3) is 11.2 Å². The number of fused-ring (bicyclic) bond motifs is 1. The van der Waals surface area contributed by atoms with E-state index >= 15 is 0 Å². The number of hydrogen-bond donors (Lipinski definition) is 2. The van der Waals surface area contributed by atoms with Crippen LogP contribution in [0.5, 0.6) is 0 Å². The van der Waals surface area contributed by atoms with Crippen molar-refractivity contribution >= 4 is 68.9 Å². The van der Waals surface area contributed by atoms with Gasteiger partial charge in [0.05, 0.1) is 13.4 Å². The van der Waals surface area contributed by atoms with Crippen LogP contribution >= 0.6 is 23.4 Å². The molecule has 1 saturated heterocycles. The number of nitrogens with one attached hydrogen (secondary N) is 1. The van der Waals surface area contributed by atoms with Crippen molar-refractivity contribution < 1.29 is 23.2 Å². The molecule has 4 atom stereocenters. The topological polar surface area (TPSA) is 143 Å². The minimum Gasteiger partial charge on any atom is -0.468 e. The number of thioether (sulfide) groups is 1. The summed E-state index contributed by atoms with van der Waals surface area (Å²) in [7, 11) is -2.15. The molecule has 1 aliphatic heterocycles. The van der Waals surface area contributed by atoms with Crippen molar-refractivity contribution in [2.75, 3.05) is 19.5 Å². The summed E-state index contributed by atoms with van der Waals surface area (Å²) in [6, 6.07) is 0. The first-order valence-electron chi connectivity index (χ1n) is 13.1. The number of nitrogens with two attached hydrogens (primary N) is 1. The number of hydrogen-bond acceptors (Lipinski definition) is 10. The average molecular weight is 631 g/mol. The van der Waals surface area contributed by atoms with Gasteiger partial charge < -0.3 is 24.6 Å². The molecular weight excluding hydrogens is 588 g/mol. The number of rotatable bonds is 8. The highest BCUT2D eigenvalue weighted by atomic mass is 35.5. The van der Waals surface area contributed by atoms with E-state index in [9.17, 15) is 9.59 Å². The van der Waals surface area contributed by atoms with Gasteiger partial charge in [-0.1, -0.05) is 41.5 Å². The Morgan fingerprint density at radius 1 is 1.07 bits per heavy atom. The Balaban J connectivity index is 2.37. The Bertz CT molecular complexity index is 1290. The molecule has 0 saturated carbocycles. The number of methoxy groups -OCH3 is 1. The van der Waals surface area contributed by atoms with Crippen molar-refractivity contribution in [1.29, 1.82) is 0 Å². The summed E-state index contributed by atoms with van der Waals surface area (Å²) >= 11 is 7.34. The molecule has 2 aromatic rings. The fraction of sp³-hybridized carbons (Fsp3) is 0.720. The number of carbonyl (C=O) groups excluding carboxylic acids is 2. The molecule has 3 N–H and O–H groups in total. The number of nitrogens with zero attached hydrogens (tertiary/aromatic N) is 4. The fourth-order valence-corrected chi connectivity index (χ4v) is 8.59. The zero-order valence-corrected chi connectivity index (χ0v) is 29.1. The molecule has 0 spiro atoms. The monoisotopic (exact) mass is 630 g/mol. The van der Waals surface area contributed by atoms with E-state index in [0.717, 1.165) is 11.8 Å². The van der Waals surface area contributed by atoms with Gasteiger partial charge in [0.25, 0.3) is 0 Å². The summed E-state index contributed by atoms with van der Waals surface area (Å²) in [5.74, 6) is -1.19. The predicted octanol–water partition coefficient (Wildman–Crippen LogP) is 4.94. The zero-order valence-electron chi connectivity index (χ0n) is 25.5. The Labute approximate surface area is 247 Å². The lowest BCUT2D eigenvalue weighted by Gasteiger charge is -2.45. The second kappa shape index (κ2) is 10.8. The van der Waals surface area contributed by atoms with Crippen molar-refractivity contribution in [3.63, 3.8) is 0 Å². The summed E-state index contributed by atoms with van der Waals surface area (Å²) in [5, 5.41) is 1.91. The molecule has 3 rings (SSSR count). The molecule has 224 valence electrons. The van der Waals surface area contributed by atoms with Crippen LogP contribution in [0.2, 0.25) is 41.5 Å². The van der Waals surface area contributed by atoms with Crippen molar-refractivity contribution in [2.24, 2.45) is 5.73 Å². The van der Waals surface area contributed by atoms with Gasteiger partial charge in [0.1, 0.15) is 17.6 Å². The van der Waals surface area contributed by atoms with Gasteiger partial charge in [-0.25, -0.2) is 9.78 Å². The molecule has 11 nitrogen and oxygen atoms in total. The summed E-state index contributed by atoms with van der Waals surface area (Å²) in [6.45, 7) is 21.0. The molecule has 3 heterocycles. The number of imidazole rings is 1. The second-order valence-electron chi connectivity index (χ2n) is 13.2. The second-order valence-corrected chi connectivity index (χ2v) is 24.4. The maximum atomic E-state index is 13.6. The van der Waals surface area contributed by atoms with E-state index in [1.165, 1.54) is 7.11 Å². The largest absolute Gasteiger partial charge is 0.468 e. The minimum atomic E-state index is -2.59. The molecule has 0 radical (unpaired) electrons. The van der Waals surface area contributed by atoms with Crippen LogP contribution in [0.1, 0.15) is 46.9 Å². The van der Waals surface area contributed by atoms with Crippen LogP contribution in [0, 0.1) is 0 Å². The van der Waals surface area contributed by atoms with E-state index < -0.39 is 50.8 Å². The SMILES string of the molecule is CNc1nc(Cl)nc2c1ncn2[C@@H]1S[C@@](C(N)=O)(C(=O)OC)[C@@H](O[Si](C)(C)C(C)(C)C)[C@H]1O[Si](C)(C)C(C)(C)C. The Hall–Kier alpha value is -1.72. The fourth-order valence-electron chi connectivity index (χ4n) is 4.07. The van der Waals surface area contributed by atoms with Crippen molar-refractivity contribution in [2.45, 2.75) is 100 Å². The summed E-state index contributed by atoms with van der Waals surface area (Å²) in [6.07, 6.45) is -0.231. The van der Waals surface area contributed by atoms with Gasteiger partial charge in [-0.05, 0) is 47.9 Å². The Morgan fingerprint density at radius 2 is 1.62 bits per heavy atom. The quantitative estimate of drug-likeness (QED) is 0.178. The Kier molecular flexibility index (Phi) is 8.89. The smallest absolute Gasteiger partial charge is 0.334 e. The maximum absolute atomic E-state index is 13.6. The molecule has 0 unspecified atom stereocenters. The molecule has 0 aromatic carbocycles. The van der Waals surface area contributed by atoms with Gasteiger partial charge in [-0.2, -0.15) is 9.97 Å². The highest BCUT2D eigenvalue weighted by molar-refractivity contribution is 8.02. The highest BCUT2D eigenvalue weighted by Gasteiger charge is 2.68. The predicted molar refractivity (Wildman–Crippen MR) is 165 cm³/mol. The van der Waals surface area contributed by atoms with Crippen molar-refractivity contribution in [3.8, 4) is 0 Å². The van der Waals surface area contributed by atoms with Crippen LogP contribution in [0.4, 0.5) is 5.82 Å². The third kappa shape index (κ3) is 5.54. The summed E-state index contributed by atoms with van der Waals surface area (Å²) in [5.41, 5.74) is 6.99. The van der Waals surface area contributed by atoms with Gasteiger partial charge in [0.2, 0.25) is 15.9 Å². The Morgan fingerprint density at radius 3 is 2.10 bits per heavy atom. The van der Waals surface area contributed by atoms with Gasteiger partial charge >= 0.3 is 5.97 Å². The van der Waals surface area contributed by atoms with E-state index in [1.54, 1.807) is 17.9 Å². The number of esters is 1. The van der Waals surface area contributed by atoms with E-state index in [1.807, 2.05) is 0 Å². The van der Waals surface area contributed by atoms with Gasteiger partial charge in [0.15, 0.2) is 33.6 Å². The van der Waals surface area contributed by atoms with Gasteiger partial charge in [0, 0.05) is 7.05 Å². The lowest BCUT2D eigenvalue weighted by atomic mass is 9.96. The number of ether oxygens (including phenoxy) is 1. The van der Waals surface area contributed by atoms with E-state index in [-0.39, 0.29) is 15.4 Å². The maximum Gasteiger partial charge on any atom is 0.334 e. The minimum absolute atomic E-state index is 0.0201. The number of carbonyl (C=O) groups is 2. The number of amides is 1. The number of halogens is 1. The number of primary amides is 1. The van der Waals surface area contributed by atoms with E-state index in [4.69, 9.17) is 30.9 Å². The number of aromatic nitrogens is 4. The van der Waals surface area contributed by atoms with Crippen LogP contribution in [0.3, 0.4) is 0 Å². The van der Waals surface area contributed by atoms with Crippen LogP contribution < -0.4 is 11.1 Å². The first-order chi connectivity index (χ1) is 18.1. The zero-order chi connectivity index (χ0) is 30.6. The van der Waals surface area contributed by atoms with Gasteiger partial charge in [-0.15, -0.1) is 11.8 Å². The molecule has 2 aromatic heterocycles. The standard InChI is InChI=1S/C25H43ClN6O5SSi2/c1-23(2,3)39(9,10)36-15-16(37-40(11,12)24(4,5)6)25(20(27)33,21(34)35-8)38-19(15)32-13-29-14-17(28-7)30-22(26)31-18(14)32/h13,15-16,19H,1-12H3,(H2,27,33)(H,28,30,31)/t15-,16+,19-,25+/m1/s1. The molecule has 1 amide bonds. The molecule has 1 aliphatic rings. The van der Waals surface area contributed by atoms with Crippen LogP contribution in [0.15, 0.2) is 6.33 Å². The van der Waals surface area contributed by atoms with Crippen molar-refractivity contribution in [3.05, 3.63) is 11.6 Å². The van der Waals surface area contributed by atoms with Crippen LogP contribution in [-0.2, 0) is 23.2 Å². The molecule has 40 heavy (non-hydrogen) atoms. The molecular formula is C25H43ClN6O5SSi2. The normalized spacial score (nSPS) is 24.4. The van der Waals surface area contributed by atoms with E-state index in [2.05, 4.69) is 88.0 Å². The lowest BCUT2D eigenvalue weighted by Crippen LogP contribution is -2.62. The first-order valence-corrected chi connectivity index (χ1v) is 20.2. The van der Waals surface area contributed by atoms with Crippen molar-refractivity contribution in [1.82, 2.24) is 19.5 Å². The summed E-state index contributed by atoms with van der Waals surface area (Å²) in [4.78, 5) is 40.3. The number of anilines is 1. The van der Waals surface area contributed by atoms with Gasteiger partial charge in [-0.3, -0.25) is 9.36 Å². The highest BCUT2D eigenvalue weighted by Crippen LogP contribution is 2.56. The molecule has 15 heteroatoms. The van der Waals surface area contributed by atoms with E-state index in [0.29, 0.717) is 17.0 Å². The lowest BCUT2D eigenvalue weighted by molar-refractivity contribution is -0.152. The molecule has 1 fully saturated rings.